The number of hydrogen-bond acceptors (Lipinski definition) is 2. The maximum absolute atomic E-state index is 5.59. The molecule has 17 heavy (non-hydrogen) atoms. The lowest BCUT2D eigenvalue weighted by molar-refractivity contribution is 0.259. The Morgan fingerprint density at radius 2 is 1.94 bits per heavy atom. The lowest BCUT2D eigenvalue weighted by Crippen LogP contribution is -2.36. The van der Waals surface area contributed by atoms with Crippen molar-refractivity contribution in [3.63, 3.8) is 0 Å². The van der Waals surface area contributed by atoms with Crippen LogP contribution in [0.25, 0.3) is 0 Å². The van der Waals surface area contributed by atoms with Crippen LogP contribution >= 0.6 is 15.9 Å². The largest absolute Gasteiger partial charge is 0.453 e. The van der Waals surface area contributed by atoms with E-state index in [0.717, 1.165) is 16.3 Å². The molecule has 0 spiro atoms. The lowest BCUT2D eigenvalue weighted by atomic mass is 9.84. The molecule has 2 rings (SSSR count). The summed E-state index contributed by atoms with van der Waals surface area (Å²) in [7, 11) is 0. The summed E-state index contributed by atoms with van der Waals surface area (Å²) in [4.78, 5) is 0. The van der Waals surface area contributed by atoms with Crippen molar-refractivity contribution >= 4 is 15.9 Å². The van der Waals surface area contributed by atoms with Gasteiger partial charge in [0.05, 0.1) is 6.04 Å². The highest BCUT2D eigenvalue weighted by molar-refractivity contribution is 9.10. The van der Waals surface area contributed by atoms with Crippen LogP contribution in [0.4, 0.5) is 0 Å². The number of halogens is 1. The quantitative estimate of drug-likeness (QED) is 0.874. The van der Waals surface area contributed by atoms with Crippen LogP contribution in [0.1, 0.15) is 57.8 Å². The second kappa shape index (κ2) is 6.05. The van der Waals surface area contributed by atoms with Gasteiger partial charge in [0.15, 0.2) is 4.67 Å². The molecule has 0 aromatic carbocycles. The summed E-state index contributed by atoms with van der Waals surface area (Å²) >= 11 is 3.35. The molecule has 1 aliphatic rings. The Morgan fingerprint density at radius 3 is 2.53 bits per heavy atom. The van der Waals surface area contributed by atoms with Crippen LogP contribution in [0.2, 0.25) is 0 Å². The maximum atomic E-state index is 5.59. The van der Waals surface area contributed by atoms with E-state index < -0.39 is 0 Å². The van der Waals surface area contributed by atoms with Gasteiger partial charge in [-0.1, -0.05) is 19.3 Å². The number of nitrogens with one attached hydrogen (secondary N) is 1. The lowest BCUT2D eigenvalue weighted by Gasteiger charge is -2.30. The Balaban J connectivity index is 1.87. The van der Waals surface area contributed by atoms with Gasteiger partial charge < -0.3 is 9.73 Å². The van der Waals surface area contributed by atoms with Gasteiger partial charge in [0.2, 0.25) is 0 Å². The average Bonchev–Trinajstić information content (AvgIpc) is 2.77. The van der Waals surface area contributed by atoms with Crippen LogP contribution in [0.15, 0.2) is 21.2 Å². The van der Waals surface area contributed by atoms with E-state index >= 15 is 0 Å². The van der Waals surface area contributed by atoms with Crippen molar-refractivity contribution in [1.82, 2.24) is 5.32 Å². The van der Waals surface area contributed by atoms with Crippen LogP contribution in [0.3, 0.4) is 0 Å². The highest BCUT2D eigenvalue weighted by Gasteiger charge is 2.22. The topological polar surface area (TPSA) is 25.2 Å². The van der Waals surface area contributed by atoms with Crippen molar-refractivity contribution < 1.29 is 4.42 Å². The average molecular weight is 300 g/mol. The molecule has 0 bridgehead atoms. The second-order valence-corrected chi connectivity index (χ2v) is 6.00. The van der Waals surface area contributed by atoms with E-state index in [4.69, 9.17) is 4.42 Å². The third-order valence-electron chi connectivity index (χ3n) is 3.89. The van der Waals surface area contributed by atoms with E-state index in [0.29, 0.717) is 12.1 Å². The Labute approximate surface area is 112 Å². The molecule has 1 aliphatic carbocycles. The zero-order valence-electron chi connectivity index (χ0n) is 10.7. The first-order valence-electron chi connectivity index (χ1n) is 6.68. The first kappa shape index (κ1) is 13.2. The first-order chi connectivity index (χ1) is 8.16. The molecule has 0 saturated heterocycles. The molecular formula is C14H22BrNO. The summed E-state index contributed by atoms with van der Waals surface area (Å²) in [6, 6.07) is 4.86. The molecule has 1 saturated carbocycles. The fourth-order valence-electron chi connectivity index (χ4n) is 2.81. The second-order valence-electron chi connectivity index (χ2n) is 5.22. The predicted octanol–water partition coefficient (Wildman–Crippen LogP) is 4.66. The van der Waals surface area contributed by atoms with E-state index in [1.807, 2.05) is 12.1 Å². The molecule has 0 amide bonds. The standard InChI is InChI=1S/C14H22BrNO/c1-10(12-6-4-3-5-7-12)16-11(2)13-8-9-14(15)17-13/h8-12,16H,3-7H2,1-2H3/t10-,11?/m0/s1. The van der Waals surface area contributed by atoms with Crippen LogP contribution in [0.5, 0.6) is 0 Å². The molecule has 1 unspecified atom stereocenters. The highest BCUT2D eigenvalue weighted by atomic mass is 79.9. The number of furan rings is 1. The molecule has 3 heteroatoms. The molecule has 1 aromatic heterocycles. The van der Waals surface area contributed by atoms with Gasteiger partial charge in [-0.15, -0.1) is 0 Å². The summed E-state index contributed by atoms with van der Waals surface area (Å²) in [5.74, 6) is 1.85. The molecule has 0 radical (unpaired) electrons. The van der Waals surface area contributed by atoms with Crippen LogP contribution in [-0.2, 0) is 0 Å². The van der Waals surface area contributed by atoms with Crippen molar-refractivity contribution in [2.24, 2.45) is 5.92 Å². The van der Waals surface area contributed by atoms with Gasteiger partial charge in [0.25, 0.3) is 0 Å². The molecule has 96 valence electrons. The van der Waals surface area contributed by atoms with Gasteiger partial charge in [-0.2, -0.15) is 0 Å². The molecule has 1 N–H and O–H groups in total. The Hall–Kier alpha value is -0.280. The van der Waals surface area contributed by atoms with Gasteiger partial charge in [0, 0.05) is 6.04 Å². The highest BCUT2D eigenvalue weighted by Crippen LogP contribution is 2.28. The fraction of sp³-hybridized carbons (Fsp3) is 0.714. The zero-order chi connectivity index (χ0) is 12.3. The van der Waals surface area contributed by atoms with E-state index in [2.05, 4.69) is 35.1 Å². The monoisotopic (exact) mass is 299 g/mol. The van der Waals surface area contributed by atoms with Gasteiger partial charge in [-0.25, -0.2) is 0 Å². The summed E-state index contributed by atoms with van der Waals surface area (Å²) in [5.41, 5.74) is 0. The smallest absolute Gasteiger partial charge is 0.169 e. The minimum Gasteiger partial charge on any atom is -0.453 e. The normalized spacial score (nSPS) is 21.4. The van der Waals surface area contributed by atoms with E-state index in [1.165, 1.54) is 32.1 Å². The molecule has 0 aliphatic heterocycles. The van der Waals surface area contributed by atoms with Crippen LogP contribution < -0.4 is 5.32 Å². The molecule has 1 aromatic rings. The third-order valence-corrected chi connectivity index (χ3v) is 4.32. The van der Waals surface area contributed by atoms with E-state index in [-0.39, 0.29) is 0 Å². The van der Waals surface area contributed by atoms with Crippen molar-refractivity contribution in [3.8, 4) is 0 Å². The Morgan fingerprint density at radius 1 is 1.24 bits per heavy atom. The SMILES string of the molecule is CC(N[C@@H](C)C1CCCCC1)c1ccc(Br)o1. The summed E-state index contributed by atoms with van der Waals surface area (Å²) in [6.45, 7) is 4.48. The number of hydrogen-bond donors (Lipinski definition) is 1. The summed E-state index contributed by atoms with van der Waals surface area (Å²) in [6.07, 6.45) is 6.98. The molecule has 1 fully saturated rings. The van der Waals surface area contributed by atoms with Crippen molar-refractivity contribution in [2.45, 2.75) is 58.0 Å². The Kier molecular flexibility index (Phi) is 4.69. The zero-order valence-corrected chi connectivity index (χ0v) is 12.3. The van der Waals surface area contributed by atoms with Gasteiger partial charge in [0.1, 0.15) is 5.76 Å². The van der Waals surface area contributed by atoms with E-state index in [9.17, 15) is 0 Å². The molecule has 2 atom stereocenters. The van der Waals surface area contributed by atoms with Gasteiger partial charge in [-0.05, 0) is 60.7 Å². The van der Waals surface area contributed by atoms with Crippen molar-refractivity contribution in [1.29, 1.82) is 0 Å². The van der Waals surface area contributed by atoms with Crippen LogP contribution in [0, 0.1) is 5.92 Å². The van der Waals surface area contributed by atoms with Crippen LogP contribution in [-0.4, -0.2) is 6.04 Å². The molecule has 2 nitrogen and oxygen atoms in total. The molecule has 1 heterocycles. The van der Waals surface area contributed by atoms with E-state index in [1.54, 1.807) is 0 Å². The van der Waals surface area contributed by atoms with Gasteiger partial charge >= 0.3 is 0 Å². The van der Waals surface area contributed by atoms with Crippen molar-refractivity contribution in [2.75, 3.05) is 0 Å². The fourth-order valence-corrected chi connectivity index (χ4v) is 3.13. The predicted molar refractivity (Wildman–Crippen MR) is 74.0 cm³/mol. The van der Waals surface area contributed by atoms with Gasteiger partial charge in [-0.3, -0.25) is 0 Å². The summed E-state index contributed by atoms with van der Waals surface area (Å²) in [5, 5.41) is 3.66. The maximum Gasteiger partial charge on any atom is 0.169 e. The summed E-state index contributed by atoms with van der Waals surface area (Å²) < 4.78 is 6.40. The molecular weight excluding hydrogens is 278 g/mol. The first-order valence-corrected chi connectivity index (χ1v) is 7.47. The minimum absolute atomic E-state index is 0.290. The number of rotatable bonds is 4. The minimum atomic E-state index is 0.290. The Bertz CT molecular complexity index is 344. The van der Waals surface area contributed by atoms with Crippen molar-refractivity contribution in [3.05, 3.63) is 22.6 Å². The third kappa shape index (κ3) is 3.59.